The molecule has 0 aromatic heterocycles. The topological polar surface area (TPSA) is 29.1 Å². The van der Waals surface area contributed by atoms with Crippen LogP contribution >= 0.6 is 0 Å². The zero-order valence-electron chi connectivity index (χ0n) is 10.6. The summed E-state index contributed by atoms with van der Waals surface area (Å²) in [5, 5.41) is 3.06. The van der Waals surface area contributed by atoms with Crippen LogP contribution in [0.5, 0.6) is 0 Å². The maximum absolute atomic E-state index is 12.5. The monoisotopic (exact) mass is 307 g/mol. The molecule has 0 fully saturated rings. The van der Waals surface area contributed by atoms with Crippen molar-refractivity contribution in [3.8, 4) is 0 Å². The van der Waals surface area contributed by atoms with E-state index in [1.165, 1.54) is 0 Å². The van der Waals surface area contributed by atoms with Gasteiger partial charge in [0.05, 0.1) is 0 Å². The van der Waals surface area contributed by atoms with Crippen molar-refractivity contribution in [1.29, 1.82) is 0 Å². The van der Waals surface area contributed by atoms with Gasteiger partial charge in [-0.1, -0.05) is 13.0 Å². The van der Waals surface area contributed by atoms with Gasteiger partial charge in [0.2, 0.25) is 0 Å². The molecule has 1 N–H and O–H groups in total. The summed E-state index contributed by atoms with van der Waals surface area (Å²) in [6, 6.07) is 0. The molecule has 19 heavy (non-hydrogen) atoms. The van der Waals surface area contributed by atoms with Crippen LogP contribution in [0, 0.1) is 0 Å². The second-order valence-corrected chi connectivity index (χ2v) is 5.52. The molecule has 0 aromatic rings. The second kappa shape index (κ2) is 8.63. The van der Waals surface area contributed by atoms with Gasteiger partial charge in [-0.05, 0) is 32.0 Å². The average Bonchev–Trinajstić information content (AvgIpc) is 2.27. The van der Waals surface area contributed by atoms with Gasteiger partial charge in [0, 0.05) is 22.3 Å². The van der Waals surface area contributed by atoms with Crippen molar-refractivity contribution in [2.45, 2.75) is 31.9 Å². The Bertz CT molecular complexity index is 304. The summed E-state index contributed by atoms with van der Waals surface area (Å²) in [6.45, 7) is 3.55. The third-order valence-corrected chi connectivity index (χ3v) is 3.52. The van der Waals surface area contributed by atoms with Gasteiger partial charge in [-0.15, -0.1) is 0 Å². The molecule has 0 aliphatic carbocycles. The fraction of sp³-hybridized carbons (Fsp3) is 0.818. The molecule has 0 saturated carbocycles. The predicted octanol–water partition coefficient (Wildman–Crippen LogP) is 2.88. The van der Waals surface area contributed by atoms with Gasteiger partial charge in [-0.3, -0.25) is 4.21 Å². The van der Waals surface area contributed by atoms with Gasteiger partial charge in [0.1, 0.15) is 0 Å². The molecule has 0 spiro atoms. The number of hydrogen-bond donors (Lipinski definition) is 1. The minimum atomic E-state index is -5.60. The lowest BCUT2D eigenvalue weighted by Gasteiger charge is -2.15. The Kier molecular flexibility index (Phi) is 8.40. The zero-order valence-corrected chi connectivity index (χ0v) is 11.4. The second-order valence-electron chi connectivity index (χ2n) is 3.89. The first-order valence-corrected chi connectivity index (χ1v) is 7.37. The van der Waals surface area contributed by atoms with E-state index >= 15 is 0 Å². The highest BCUT2D eigenvalue weighted by atomic mass is 32.2. The lowest BCUT2D eigenvalue weighted by atomic mass is 10.3. The van der Waals surface area contributed by atoms with E-state index in [9.17, 15) is 26.2 Å². The highest BCUT2D eigenvalue weighted by Crippen LogP contribution is 2.36. The molecule has 0 aromatic carbocycles. The Morgan fingerprint density at radius 2 is 1.79 bits per heavy atom. The summed E-state index contributed by atoms with van der Waals surface area (Å²) in [5.41, 5.74) is 0. The first kappa shape index (κ1) is 18.5. The number of unbranched alkanes of at least 4 members (excludes halogenated alkanes) is 1. The summed E-state index contributed by atoms with van der Waals surface area (Å²) in [5.74, 6) is -4.84. The molecule has 114 valence electrons. The predicted molar refractivity (Wildman–Crippen MR) is 65.8 cm³/mol. The van der Waals surface area contributed by atoms with Crippen LogP contribution in [0.4, 0.5) is 22.0 Å². The third-order valence-electron chi connectivity index (χ3n) is 2.21. The minimum Gasteiger partial charge on any atom is -0.317 e. The normalized spacial score (nSPS) is 15.1. The Labute approximate surface area is 111 Å². The molecule has 2 nitrogen and oxygen atoms in total. The summed E-state index contributed by atoms with van der Waals surface area (Å²) in [6.07, 6.45) is -3.76. The van der Waals surface area contributed by atoms with Crippen LogP contribution in [0.15, 0.2) is 12.2 Å². The van der Waals surface area contributed by atoms with Crippen LogP contribution in [0.2, 0.25) is 0 Å². The molecule has 0 radical (unpaired) electrons. The fourth-order valence-corrected chi connectivity index (χ4v) is 2.17. The minimum absolute atomic E-state index is 0.233. The number of alkyl halides is 5. The molecule has 0 rings (SSSR count). The van der Waals surface area contributed by atoms with Crippen molar-refractivity contribution < 1.29 is 26.2 Å². The van der Waals surface area contributed by atoms with Gasteiger partial charge in [-0.25, -0.2) is 0 Å². The Hall–Kier alpha value is -0.500. The van der Waals surface area contributed by atoms with Crippen LogP contribution in [0.1, 0.15) is 19.8 Å². The van der Waals surface area contributed by atoms with E-state index in [1.807, 2.05) is 6.92 Å². The largest absolute Gasteiger partial charge is 0.457 e. The van der Waals surface area contributed by atoms with Gasteiger partial charge >= 0.3 is 12.1 Å². The van der Waals surface area contributed by atoms with E-state index in [0.717, 1.165) is 19.5 Å². The quantitative estimate of drug-likeness (QED) is 0.403. The average molecular weight is 307 g/mol. The SMILES string of the molecule is CCNCCCCS(=O)C/C=C/C(F)(F)C(F)(F)F. The molecule has 1 atom stereocenters. The molecule has 0 bridgehead atoms. The number of allylic oxidation sites excluding steroid dienone is 1. The van der Waals surface area contributed by atoms with E-state index in [1.54, 1.807) is 0 Å². The highest BCUT2D eigenvalue weighted by Gasteiger charge is 2.55. The van der Waals surface area contributed by atoms with Crippen LogP contribution < -0.4 is 5.32 Å². The van der Waals surface area contributed by atoms with Crippen molar-refractivity contribution >= 4 is 10.8 Å². The van der Waals surface area contributed by atoms with Crippen LogP contribution in [-0.4, -0.2) is 40.9 Å². The Morgan fingerprint density at radius 1 is 1.16 bits per heavy atom. The van der Waals surface area contributed by atoms with Gasteiger partial charge in [0.15, 0.2) is 0 Å². The maximum atomic E-state index is 12.5. The number of nitrogens with one attached hydrogen (secondary N) is 1. The van der Waals surface area contributed by atoms with Crippen molar-refractivity contribution in [3.63, 3.8) is 0 Å². The van der Waals surface area contributed by atoms with Crippen molar-refractivity contribution in [2.75, 3.05) is 24.6 Å². The summed E-state index contributed by atoms with van der Waals surface area (Å²) >= 11 is 0. The fourth-order valence-electron chi connectivity index (χ4n) is 1.17. The Morgan fingerprint density at radius 3 is 2.32 bits per heavy atom. The molecule has 0 saturated heterocycles. The van der Waals surface area contributed by atoms with Crippen LogP contribution in [-0.2, 0) is 10.8 Å². The van der Waals surface area contributed by atoms with Crippen LogP contribution in [0.25, 0.3) is 0 Å². The van der Waals surface area contributed by atoms with E-state index in [4.69, 9.17) is 0 Å². The molecule has 8 heteroatoms. The van der Waals surface area contributed by atoms with Gasteiger partial charge in [-0.2, -0.15) is 22.0 Å². The van der Waals surface area contributed by atoms with Crippen molar-refractivity contribution in [3.05, 3.63) is 12.2 Å². The molecule has 1 unspecified atom stereocenters. The molecular weight excluding hydrogens is 289 g/mol. The van der Waals surface area contributed by atoms with Crippen molar-refractivity contribution in [2.24, 2.45) is 0 Å². The molecule has 0 amide bonds. The lowest BCUT2D eigenvalue weighted by molar-refractivity contribution is -0.259. The summed E-state index contributed by atoms with van der Waals surface area (Å²) in [4.78, 5) is 0. The highest BCUT2D eigenvalue weighted by molar-refractivity contribution is 7.85. The number of hydrogen-bond acceptors (Lipinski definition) is 2. The van der Waals surface area contributed by atoms with Crippen molar-refractivity contribution in [1.82, 2.24) is 5.32 Å². The standard InChI is InChI=1S/C11H18F5NOS/c1-2-17-7-3-4-8-19(18)9-5-6-10(12,13)11(14,15)16/h5-6,17H,2-4,7-9H2,1H3/b6-5+. The smallest absolute Gasteiger partial charge is 0.317 e. The first-order chi connectivity index (χ1) is 8.70. The van der Waals surface area contributed by atoms with Gasteiger partial charge < -0.3 is 5.32 Å². The van der Waals surface area contributed by atoms with Crippen LogP contribution in [0.3, 0.4) is 0 Å². The van der Waals surface area contributed by atoms with Gasteiger partial charge in [0.25, 0.3) is 0 Å². The third kappa shape index (κ3) is 8.30. The lowest BCUT2D eigenvalue weighted by Crippen LogP contribution is -2.34. The van der Waals surface area contributed by atoms with E-state index in [2.05, 4.69) is 5.32 Å². The maximum Gasteiger partial charge on any atom is 0.457 e. The van der Waals surface area contributed by atoms with E-state index < -0.39 is 22.9 Å². The van der Waals surface area contributed by atoms with E-state index in [-0.39, 0.29) is 11.8 Å². The zero-order chi connectivity index (χ0) is 14.9. The molecule has 0 heterocycles. The summed E-state index contributed by atoms with van der Waals surface area (Å²) < 4.78 is 71.6. The molecule has 0 aliphatic heterocycles. The molecular formula is C11H18F5NOS. The summed E-state index contributed by atoms with van der Waals surface area (Å²) in [7, 11) is -1.40. The molecule has 0 aliphatic rings. The first-order valence-electron chi connectivity index (χ1n) is 5.88. The number of halogens is 5. The van der Waals surface area contributed by atoms with E-state index in [0.29, 0.717) is 18.2 Å². The number of rotatable bonds is 9. The Balaban J connectivity index is 3.90.